The molecule has 2 heterocycles. The number of carbonyl (C=O) groups excluding carboxylic acids is 2. The highest BCUT2D eigenvalue weighted by atomic mass is 35.5. The summed E-state index contributed by atoms with van der Waals surface area (Å²) in [4.78, 5) is 33.7. The molecule has 0 saturated carbocycles. The summed E-state index contributed by atoms with van der Waals surface area (Å²) in [6, 6.07) is 11.9. The summed E-state index contributed by atoms with van der Waals surface area (Å²) in [7, 11) is 1.78. The van der Waals surface area contributed by atoms with Gasteiger partial charge in [0.2, 0.25) is 5.91 Å². The lowest BCUT2D eigenvalue weighted by Gasteiger charge is -2.32. The summed E-state index contributed by atoms with van der Waals surface area (Å²) in [5.41, 5.74) is 2.31. The Morgan fingerprint density at radius 3 is 2.53 bits per heavy atom. The molecule has 1 fully saturated rings. The lowest BCUT2D eigenvalue weighted by Crippen LogP contribution is -2.47. The van der Waals surface area contributed by atoms with Crippen LogP contribution in [0.2, 0.25) is 10.0 Å². The molecule has 2 amide bonds. The third-order valence-electron chi connectivity index (χ3n) is 5.95. The van der Waals surface area contributed by atoms with Gasteiger partial charge in [-0.3, -0.25) is 9.59 Å². The molecule has 1 aromatic heterocycles. The molecule has 2 atom stereocenters. The summed E-state index contributed by atoms with van der Waals surface area (Å²) in [5, 5.41) is 4.83. The molecule has 1 saturated heterocycles. The Bertz CT molecular complexity index is 1120. The molecule has 2 unspecified atom stereocenters. The van der Waals surface area contributed by atoms with Crippen molar-refractivity contribution in [2.45, 2.75) is 31.8 Å². The van der Waals surface area contributed by atoms with Gasteiger partial charge in [0.1, 0.15) is 18.7 Å². The van der Waals surface area contributed by atoms with Gasteiger partial charge in [0.05, 0.1) is 21.8 Å². The minimum Gasteiger partial charge on any atom is -0.337 e. The van der Waals surface area contributed by atoms with E-state index in [1.54, 1.807) is 46.1 Å². The number of benzene rings is 2. The molecule has 32 heavy (non-hydrogen) atoms. The third kappa shape index (κ3) is 4.36. The quantitative estimate of drug-likeness (QED) is 0.552. The molecule has 0 bridgehead atoms. The highest BCUT2D eigenvalue weighted by Gasteiger charge is 2.37. The van der Waals surface area contributed by atoms with Crippen molar-refractivity contribution >= 4 is 35.0 Å². The molecule has 4 rings (SSSR count). The lowest BCUT2D eigenvalue weighted by molar-refractivity contribution is -0.135. The van der Waals surface area contributed by atoms with Gasteiger partial charge >= 0.3 is 0 Å². The maximum Gasteiger partial charge on any atom is 0.254 e. The number of carbonyl (C=O) groups is 2. The van der Waals surface area contributed by atoms with E-state index in [0.29, 0.717) is 28.6 Å². The topological polar surface area (TPSA) is 71.3 Å². The molecular formula is C23H23Cl2N5O2. The molecule has 1 aliphatic heterocycles. The van der Waals surface area contributed by atoms with Crippen LogP contribution in [-0.4, -0.2) is 56.0 Å². The minimum absolute atomic E-state index is 0.0798. The fourth-order valence-corrected chi connectivity index (χ4v) is 4.26. The number of aromatic nitrogens is 3. The van der Waals surface area contributed by atoms with E-state index in [1.807, 2.05) is 31.2 Å². The predicted octanol–water partition coefficient (Wildman–Crippen LogP) is 4.40. The number of rotatable bonds is 5. The van der Waals surface area contributed by atoms with Crippen LogP contribution in [0.1, 0.15) is 41.7 Å². The summed E-state index contributed by atoms with van der Waals surface area (Å²) in [6.07, 6.45) is 4.52. The van der Waals surface area contributed by atoms with Gasteiger partial charge in [0.25, 0.3) is 5.91 Å². The van der Waals surface area contributed by atoms with E-state index in [9.17, 15) is 9.59 Å². The summed E-state index contributed by atoms with van der Waals surface area (Å²) < 4.78 is 1.67. The second-order valence-corrected chi connectivity index (χ2v) is 8.66. The van der Waals surface area contributed by atoms with E-state index in [1.165, 1.54) is 6.33 Å². The van der Waals surface area contributed by atoms with Crippen molar-refractivity contribution in [2.75, 3.05) is 13.6 Å². The maximum atomic E-state index is 13.3. The average molecular weight is 472 g/mol. The van der Waals surface area contributed by atoms with Gasteiger partial charge in [-0.25, -0.2) is 9.67 Å². The summed E-state index contributed by atoms with van der Waals surface area (Å²) >= 11 is 12.1. The first-order valence-corrected chi connectivity index (χ1v) is 11.1. The van der Waals surface area contributed by atoms with Gasteiger partial charge < -0.3 is 9.80 Å². The van der Waals surface area contributed by atoms with Crippen LogP contribution in [-0.2, 0) is 4.79 Å². The average Bonchev–Trinajstić information content (AvgIpc) is 3.51. The fourth-order valence-electron chi connectivity index (χ4n) is 3.96. The van der Waals surface area contributed by atoms with Gasteiger partial charge in [-0.05, 0) is 55.7 Å². The van der Waals surface area contributed by atoms with E-state index in [4.69, 9.17) is 23.2 Å². The molecule has 2 aromatic carbocycles. The Balaban J connectivity index is 1.48. The van der Waals surface area contributed by atoms with E-state index in [-0.39, 0.29) is 17.9 Å². The van der Waals surface area contributed by atoms with Crippen molar-refractivity contribution in [1.82, 2.24) is 24.6 Å². The zero-order valence-electron chi connectivity index (χ0n) is 17.8. The van der Waals surface area contributed by atoms with Crippen molar-refractivity contribution in [2.24, 2.45) is 0 Å². The standard InChI is InChI=1S/C23H23Cl2N5O2/c1-15(16-5-8-18(9-6-16)30-14-26-13-27-30)28(2)23(32)21-4-3-11-29(21)22(31)17-7-10-19(24)20(25)12-17/h5-10,12-15,21H,3-4,11H2,1-2H3. The van der Waals surface area contributed by atoms with Crippen LogP contribution in [0.15, 0.2) is 55.1 Å². The number of likely N-dealkylation sites (N-methyl/N-ethyl adjacent to an activating group) is 1. The number of amides is 2. The van der Waals surface area contributed by atoms with E-state index in [2.05, 4.69) is 10.1 Å². The molecule has 0 N–H and O–H groups in total. The van der Waals surface area contributed by atoms with Gasteiger partial charge in [0, 0.05) is 19.2 Å². The van der Waals surface area contributed by atoms with E-state index >= 15 is 0 Å². The van der Waals surface area contributed by atoms with E-state index in [0.717, 1.165) is 17.7 Å². The first kappa shape index (κ1) is 22.3. The highest BCUT2D eigenvalue weighted by molar-refractivity contribution is 6.42. The van der Waals surface area contributed by atoms with Crippen LogP contribution in [0, 0.1) is 0 Å². The Morgan fingerprint density at radius 2 is 1.88 bits per heavy atom. The van der Waals surface area contributed by atoms with E-state index < -0.39 is 6.04 Å². The second kappa shape index (κ2) is 9.30. The molecule has 0 aliphatic carbocycles. The fraction of sp³-hybridized carbons (Fsp3) is 0.304. The number of likely N-dealkylation sites (tertiary alicyclic amines) is 1. The molecule has 166 valence electrons. The lowest BCUT2D eigenvalue weighted by atomic mass is 10.0. The number of halogens is 2. The normalized spacial score (nSPS) is 16.8. The molecule has 9 heteroatoms. The summed E-state index contributed by atoms with van der Waals surface area (Å²) in [5.74, 6) is -0.290. The maximum absolute atomic E-state index is 13.3. The van der Waals surface area contributed by atoms with Crippen molar-refractivity contribution in [3.05, 3.63) is 76.3 Å². The molecular weight excluding hydrogens is 449 g/mol. The zero-order chi connectivity index (χ0) is 22.8. The molecule has 0 spiro atoms. The SMILES string of the molecule is CC(c1ccc(-n2cncn2)cc1)N(C)C(=O)C1CCCN1C(=O)c1ccc(Cl)c(Cl)c1. The highest BCUT2D eigenvalue weighted by Crippen LogP contribution is 2.28. The predicted molar refractivity (Wildman–Crippen MR) is 123 cm³/mol. The first-order valence-electron chi connectivity index (χ1n) is 10.3. The van der Waals surface area contributed by atoms with Crippen LogP contribution in [0.25, 0.3) is 5.69 Å². The Kier molecular flexibility index (Phi) is 6.48. The van der Waals surface area contributed by atoms with Crippen LogP contribution < -0.4 is 0 Å². The van der Waals surface area contributed by atoms with Crippen LogP contribution >= 0.6 is 23.2 Å². The number of hydrogen-bond donors (Lipinski definition) is 0. The van der Waals surface area contributed by atoms with Crippen LogP contribution in [0.3, 0.4) is 0 Å². The van der Waals surface area contributed by atoms with Crippen molar-refractivity contribution in [3.8, 4) is 5.69 Å². The van der Waals surface area contributed by atoms with Gasteiger partial charge in [-0.1, -0.05) is 35.3 Å². The molecule has 0 radical (unpaired) electrons. The molecule has 1 aliphatic rings. The number of hydrogen-bond acceptors (Lipinski definition) is 4. The van der Waals surface area contributed by atoms with Crippen molar-refractivity contribution in [3.63, 3.8) is 0 Å². The van der Waals surface area contributed by atoms with Crippen molar-refractivity contribution < 1.29 is 9.59 Å². The minimum atomic E-state index is -0.501. The van der Waals surface area contributed by atoms with Crippen LogP contribution in [0.4, 0.5) is 0 Å². The van der Waals surface area contributed by atoms with Crippen LogP contribution in [0.5, 0.6) is 0 Å². The Labute approximate surface area is 196 Å². The Morgan fingerprint density at radius 1 is 1.12 bits per heavy atom. The second-order valence-electron chi connectivity index (χ2n) is 7.84. The first-order chi connectivity index (χ1) is 15.4. The van der Waals surface area contributed by atoms with Gasteiger partial charge in [-0.2, -0.15) is 5.10 Å². The Hall–Kier alpha value is -2.90. The molecule has 3 aromatic rings. The largest absolute Gasteiger partial charge is 0.337 e. The summed E-state index contributed by atoms with van der Waals surface area (Å²) in [6.45, 7) is 2.51. The van der Waals surface area contributed by atoms with Gasteiger partial charge in [-0.15, -0.1) is 0 Å². The third-order valence-corrected chi connectivity index (χ3v) is 6.69. The number of nitrogens with zero attached hydrogens (tertiary/aromatic N) is 5. The smallest absolute Gasteiger partial charge is 0.254 e. The zero-order valence-corrected chi connectivity index (χ0v) is 19.3. The monoisotopic (exact) mass is 471 g/mol. The molecule has 7 nitrogen and oxygen atoms in total. The van der Waals surface area contributed by atoms with Crippen molar-refractivity contribution in [1.29, 1.82) is 0 Å². The van der Waals surface area contributed by atoms with Gasteiger partial charge in [0.15, 0.2) is 0 Å².